The summed E-state index contributed by atoms with van der Waals surface area (Å²) in [5, 5.41) is 2.76. The largest absolute Gasteiger partial charge is 0.497 e. The maximum absolute atomic E-state index is 12.4. The van der Waals surface area contributed by atoms with Crippen molar-refractivity contribution in [3.63, 3.8) is 0 Å². The minimum Gasteiger partial charge on any atom is -0.497 e. The fraction of sp³-hybridized carbons (Fsp3) is 0.550. The number of methoxy groups -OCH3 is 1. The van der Waals surface area contributed by atoms with Gasteiger partial charge >= 0.3 is 5.97 Å². The molecule has 8 heteroatoms. The number of nitrogens with one attached hydrogen (secondary N) is 1. The highest BCUT2D eigenvalue weighted by atomic mass is 16.5. The second kappa shape index (κ2) is 10.7. The molecule has 0 aromatic heterocycles. The molecule has 1 saturated heterocycles. The summed E-state index contributed by atoms with van der Waals surface area (Å²) >= 11 is 0. The second-order valence-electron chi connectivity index (χ2n) is 6.83. The van der Waals surface area contributed by atoms with Crippen molar-refractivity contribution >= 4 is 23.5 Å². The Hall–Kier alpha value is -2.61. The Labute approximate surface area is 165 Å². The molecular weight excluding hydrogens is 362 g/mol. The number of anilines is 1. The average molecular weight is 391 g/mol. The predicted octanol–water partition coefficient (Wildman–Crippen LogP) is 1.37. The molecule has 1 N–H and O–H groups in total. The van der Waals surface area contributed by atoms with Crippen LogP contribution in [-0.2, 0) is 19.1 Å². The van der Waals surface area contributed by atoms with E-state index < -0.39 is 0 Å². The van der Waals surface area contributed by atoms with Crippen molar-refractivity contribution in [2.45, 2.75) is 19.8 Å². The molecular formula is C20H29N3O5. The molecule has 1 aliphatic heterocycles. The summed E-state index contributed by atoms with van der Waals surface area (Å²) in [5.74, 6) is 0.00596. The van der Waals surface area contributed by atoms with Gasteiger partial charge in [-0.1, -0.05) is 6.07 Å². The zero-order chi connectivity index (χ0) is 20.5. The number of amides is 2. The second-order valence-corrected chi connectivity index (χ2v) is 6.83. The smallest absolute Gasteiger partial charge is 0.309 e. The van der Waals surface area contributed by atoms with Crippen molar-refractivity contribution in [2.24, 2.45) is 5.92 Å². The third kappa shape index (κ3) is 6.53. The van der Waals surface area contributed by atoms with Gasteiger partial charge in [0.15, 0.2) is 0 Å². The minimum atomic E-state index is -0.273. The first kappa shape index (κ1) is 21.7. The molecule has 0 unspecified atom stereocenters. The van der Waals surface area contributed by atoms with Gasteiger partial charge in [0.2, 0.25) is 11.8 Å². The molecule has 0 bridgehead atoms. The molecule has 0 aliphatic carbocycles. The highest BCUT2D eigenvalue weighted by Gasteiger charge is 2.27. The first-order chi connectivity index (χ1) is 13.4. The quantitative estimate of drug-likeness (QED) is 0.674. The van der Waals surface area contributed by atoms with Gasteiger partial charge in [0.05, 0.1) is 32.7 Å². The maximum Gasteiger partial charge on any atom is 0.309 e. The molecule has 1 aliphatic rings. The third-order valence-corrected chi connectivity index (χ3v) is 4.73. The molecule has 0 radical (unpaired) electrons. The van der Waals surface area contributed by atoms with Crippen LogP contribution in [0.25, 0.3) is 0 Å². The summed E-state index contributed by atoms with van der Waals surface area (Å²) in [7, 11) is 3.17. The number of esters is 1. The molecule has 2 rings (SSSR count). The zero-order valence-corrected chi connectivity index (χ0v) is 16.8. The third-order valence-electron chi connectivity index (χ3n) is 4.73. The van der Waals surface area contributed by atoms with E-state index in [-0.39, 0.29) is 36.8 Å². The molecule has 28 heavy (non-hydrogen) atoms. The molecule has 2 amide bonds. The van der Waals surface area contributed by atoms with Gasteiger partial charge in [-0.05, 0) is 45.0 Å². The fourth-order valence-corrected chi connectivity index (χ4v) is 3.10. The van der Waals surface area contributed by atoms with Gasteiger partial charge in [0, 0.05) is 18.8 Å². The SMILES string of the molecule is CCOC(=O)C1CCN(CC(=O)N(C)CC(=O)Nc2cccc(OC)c2)CC1. The van der Waals surface area contributed by atoms with Gasteiger partial charge in [-0.2, -0.15) is 0 Å². The Morgan fingerprint density at radius 3 is 2.61 bits per heavy atom. The maximum atomic E-state index is 12.4. The summed E-state index contributed by atoms with van der Waals surface area (Å²) < 4.78 is 10.2. The molecule has 1 heterocycles. The van der Waals surface area contributed by atoms with Crippen molar-refractivity contribution in [1.29, 1.82) is 0 Å². The van der Waals surface area contributed by atoms with E-state index in [0.717, 1.165) is 0 Å². The van der Waals surface area contributed by atoms with Crippen molar-refractivity contribution in [3.8, 4) is 5.75 Å². The number of hydrogen-bond acceptors (Lipinski definition) is 6. The van der Waals surface area contributed by atoms with E-state index in [1.54, 1.807) is 45.3 Å². The van der Waals surface area contributed by atoms with Gasteiger partial charge in [0.1, 0.15) is 5.75 Å². The van der Waals surface area contributed by atoms with E-state index in [0.29, 0.717) is 44.0 Å². The predicted molar refractivity (Wildman–Crippen MR) is 105 cm³/mol. The molecule has 1 aromatic carbocycles. The van der Waals surface area contributed by atoms with Crippen molar-refractivity contribution in [3.05, 3.63) is 24.3 Å². The summed E-state index contributed by atoms with van der Waals surface area (Å²) in [6.07, 6.45) is 1.37. The van der Waals surface area contributed by atoms with E-state index in [4.69, 9.17) is 9.47 Å². The van der Waals surface area contributed by atoms with Gasteiger partial charge in [-0.25, -0.2) is 0 Å². The van der Waals surface area contributed by atoms with Gasteiger partial charge in [0.25, 0.3) is 0 Å². The standard InChI is InChI=1S/C20H29N3O5/c1-4-28-20(26)15-8-10-23(11-9-15)14-19(25)22(2)13-18(24)21-16-6-5-7-17(12-16)27-3/h5-7,12,15H,4,8-11,13-14H2,1-3H3,(H,21,24). The highest BCUT2D eigenvalue weighted by molar-refractivity contribution is 5.94. The van der Waals surface area contributed by atoms with Crippen molar-refractivity contribution in [1.82, 2.24) is 9.80 Å². The van der Waals surface area contributed by atoms with E-state index in [2.05, 4.69) is 5.32 Å². The highest BCUT2D eigenvalue weighted by Crippen LogP contribution is 2.19. The van der Waals surface area contributed by atoms with Crippen LogP contribution in [0, 0.1) is 5.92 Å². The van der Waals surface area contributed by atoms with Gasteiger partial charge in [-0.15, -0.1) is 0 Å². The molecule has 8 nitrogen and oxygen atoms in total. The van der Waals surface area contributed by atoms with Crippen LogP contribution >= 0.6 is 0 Å². The topological polar surface area (TPSA) is 88.2 Å². The normalized spacial score (nSPS) is 15.0. The summed E-state index contributed by atoms with van der Waals surface area (Å²) in [5.41, 5.74) is 0.617. The fourth-order valence-electron chi connectivity index (χ4n) is 3.10. The number of carbonyl (C=O) groups is 3. The molecule has 1 aromatic rings. The van der Waals surface area contributed by atoms with Crippen molar-refractivity contribution < 1.29 is 23.9 Å². The Morgan fingerprint density at radius 1 is 1.25 bits per heavy atom. The van der Waals surface area contributed by atoms with Crippen LogP contribution in [0.4, 0.5) is 5.69 Å². The first-order valence-electron chi connectivity index (χ1n) is 9.49. The van der Waals surface area contributed by atoms with Gasteiger partial charge < -0.3 is 19.7 Å². The summed E-state index contributed by atoms with van der Waals surface area (Å²) in [6.45, 7) is 3.72. The van der Waals surface area contributed by atoms with Crippen LogP contribution in [0.5, 0.6) is 5.75 Å². The van der Waals surface area contributed by atoms with Gasteiger partial charge in [-0.3, -0.25) is 19.3 Å². The summed E-state index contributed by atoms with van der Waals surface area (Å²) in [4.78, 5) is 39.8. The lowest BCUT2D eigenvalue weighted by Crippen LogP contribution is -2.45. The molecule has 0 spiro atoms. The minimum absolute atomic E-state index is 0.0324. The van der Waals surface area contributed by atoms with E-state index in [1.807, 2.05) is 4.90 Å². The number of rotatable bonds is 8. The number of likely N-dealkylation sites (tertiary alicyclic amines) is 1. The van der Waals surface area contributed by atoms with Crippen LogP contribution in [-0.4, -0.2) is 74.5 Å². The lowest BCUT2D eigenvalue weighted by Gasteiger charge is -2.31. The Bertz CT molecular complexity index is 686. The summed E-state index contributed by atoms with van der Waals surface area (Å²) in [6, 6.07) is 7.04. The molecule has 0 saturated carbocycles. The molecule has 1 fully saturated rings. The van der Waals surface area contributed by atoms with E-state index in [9.17, 15) is 14.4 Å². The molecule has 154 valence electrons. The number of likely N-dealkylation sites (N-methyl/N-ethyl adjacent to an activating group) is 1. The number of piperidine rings is 1. The van der Waals surface area contributed by atoms with Crippen molar-refractivity contribution in [2.75, 3.05) is 52.3 Å². The van der Waals surface area contributed by atoms with E-state index >= 15 is 0 Å². The van der Waals surface area contributed by atoms with Crippen LogP contribution < -0.4 is 10.1 Å². The Kier molecular flexibility index (Phi) is 8.25. The van der Waals surface area contributed by atoms with Crippen LogP contribution in [0.1, 0.15) is 19.8 Å². The number of benzene rings is 1. The Morgan fingerprint density at radius 2 is 1.96 bits per heavy atom. The number of hydrogen-bond donors (Lipinski definition) is 1. The first-order valence-corrected chi connectivity index (χ1v) is 9.49. The Balaban J connectivity index is 1.75. The number of carbonyl (C=O) groups excluding carboxylic acids is 3. The zero-order valence-electron chi connectivity index (χ0n) is 16.8. The average Bonchev–Trinajstić information content (AvgIpc) is 2.68. The van der Waals surface area contributed by atoms with E-state index in [1.165, 1.54) is 4.90 Å². The lowest BCUT2D eigenvalue weighted by molar-refractivity contribution is -0.149. The monoisotopic (exact) mass is 391 g/mol. The lowest BCUT2D eigenvalue weighted by atomic mass is 9.97. The number of ether oxygens (including phenoxy) is 2. The van der Waals surface area contributed by atoms with Crippen LogP contribution in [0.3, 0.4) is 0 Å². The van der Waals surface area contributed by atoms with Crippen LogP contribution in [0.15, 0.2) is 24.3 Å². The van der Waals surface area contributed by atoms with Crippen LogP contribution in [0.2, 0.25) is 0 Å². The number of nitrogens with zero attached hydrogens (tertiary/aromatic N) is 2. The molecule has 0 atom stereocenters.